The fraction of sp³-hybridized carbons (Fsp3) is 0.250. The summed E-state index contributed by atoms with van der Waals surface area (Å²) in [7, 11) is -0.511. The molecule has 0 amide bonds. The van der Waals surface area contributed by atoms with Gasteiger partial charge in [0.2, 0.25) is 0 Å². The van der Waals surface area contributed by atoms with Crippen molar-refractivity contribution in [3.63, 3.8) is 0 Å². The number of hydrogen-bond acceptors (Lipinski definition) is 3. The molecule has 0 aromatic heterocycles. The number of rotatable bonds is 5. The fourth-order valence-electron chi connectivity index (χ4n) is 1.81. The first kappa shape index (κ1) is 16.3. The largest absolute Gasteiger partial charge is 0.480 e. The van der Waals surface area contributed by atoms with Gasteiger partial charge in [-0.2, -0.15) is 17.4 Å². The molecular formula is C16H18N2O3S. The maximum Gasteiger partial charge on any atom is 0.279 e. The van der Waals surface area contributed by atoms with Crippen molar-refractivity contribution < 1.29 is 13.2 Å². The van der Waals surface area contributed by atoms with Crippen LogP contribution in [0.4, 0.5) is 0 Å². The summed E-state index contributed by atoms with van der Waals surface area (Å²) in [5.41, 5.74) is 0. The molecule has 0 radical (unpaired) electrons. The number of nitrogens with zero attached hydrogens (tertiary/aromatic N) is 1. The Hall–Kier alpha value is -2.07. The molecule has 0 saturated heterocycles. The van der Waals surface area contributed by atoms with E-state index in [1.807, 2.05) is 42.5 Å². The molecule has 116 valence electrons. The van der Waals surface area contributed by atoms with Crippen LogP contribution in [0.25, 0.3) is 10.8 Å². The highest BCUT2D eigenvalue weighted by molar-refractivity contribution is 7.87. The zero-order valence-corrected chi connectivity index (χ0v) is 13.4. The van der Waals surface area contributed by atoms with Gasteiger partial charge in [-0.1, -0.05) is 48.2 Å². The van der Waals surface area contributed by atoms with Crippen molar-refractivity contribution in [2.24, 2.45) is 0 Å². The van der Waals surface area contributed by atoms with Gasteiger partial charge in [-0.15, -0.1) is 0 Å². The number of nitrogens with one attached hydrogen (secondary N) is 1. The summed E-state index contributed by atoms with van der Waals surface area (Å²) in [5, 5.41) is 2.13. The lowest BCUT2D eigenvalue weighted by Gasteiger charge is -2.09. The summed E-state index contributed by atoms with van der Waals surface area (Å²) in [4.78, 5) is 0. The second-order valence-corrected chi connectivity index (χ2v) is 6.70. The number of fused-ring (bicyclic) bond motifs is 1. The fourth-order valence-corrected chi connectivity index (χ4v) is 2.32. The van der Waals surface area contributed by atoms with E-state index in [4.69, 9.17) is 4.74 Å². The van der Waals surface area contributed by atoms with Crippen LogP contribution in [-0.4, -0.2) is 40.0 Å². The zero-order valence-electron chi connectivity index (χ0n) is 12.5. The second-order valence-electron chi connectivity index (χ2n) is 4.73. The summed E-state index contributed by atoms with van der Waals surface area (Å²) in [6, 6.07) is 13.8. The van der Waals surface area contributed by atoms with Crippen LogP contribution in [-0.2, 0) is 10.2 Å². The van der Waals surface area contributed by atoms with Gasteiger partial charge in [-0.25, -0.2) is 0 Å². The van der Waals surface area contributed by atoms with E-state index >= 15 is 0 Å². The molecule has 0 spiro atoms. The lowest BCUT2D eigenvalue weighted by atomic mass is 10.1. The highest BCUT2D eigenvalue weighted by Crippen LogP contribution is 2.24. The number of ether oxygens (including phenoxy) is 1. The molecule has 1 N–H and O–H groups in total. The highest BCUT2D eigenvalue weighted by Gasteiger charge is 2.10. The van der Waals surface area contributed by atoms with Crippen molar-refractivity contribution >= 4 is 21.0 Å². The molecule has 0 saturated carbocycles. The quantitative estimate of drug-likeness (QED) is 0.852. The Morgan fingerprint density at radius 1 is 1.09 bits per heavy atom. The van der Waals surface area contributed by atoms with Crippen molar-refractivity contribution in [3.05, 3.63) is 42.5 Å². The summed E-state index contributed by atoms with van der Waals surface area (Å²) < 4.78 is 32.0. The Labute approximate surface area is 131 Å². The van der Waals surface area contributed by atoms with E-state index < -0.39 is 10.2 Å². The first-order valence-electron chi connectivity index (χ1n) is 6.74. The van der Waals surface area contributed by atoms with Gasteiger partial charge in [-0.3, -0.25) is 0 Å². The summed E-state index contributed by atoms with van der Waals surface area (Å²) in [5.74, 6) is 6.28. The van der Waals surface area contributed by atoms with E-state index in [0.29, 0.717) is 0 Å². The van der Waals surface area contributed by atoms with E-state index in [9.17, 15) is 8.42 Å². The van der Waals surface area contributed by atoms with E-state index in [1.54, 1.807) is 0 Å². The van der Waals surface area contributed by atoms with Gasteiger partial charge in [0.25, 0.3) is 10.2 Å². The minimum atomic E-state index is -3.43. The van der Waals surface area contributed by atoms with Crippen LogP contribution < -0.4 is 9.46 Å². The molecule has 5 nitrogen and oxygen atoms in total. The Kier molecular flexibility index (Phi) is 5.39. The van der Waals surface area contributed by atoms with Crippen molar-refractivity contribution in [3.8, 4) is 17.6 Å². The van der Waals surface area contributed by atoms with E-state index in [-0.39, 0.29) is 13.2 Å². The minimum Gasteiger partial charge on any atom is -0.480 e. The standard InChI is InChI=1S/C16H18N2O3S/c1-18(2)22(19,20)17-12-5-6-13-21-16-11-7-9-14-8-3-4-10-15(14)16/h3-4,7-11,17H,12-13H2,1-2H3. The molecule has 0 unspecified atom stereocenters. The second kappa shape index (κ2) is 7.27. The lowest BCUT2D eigenvalue weighted by molar-refractivity contribution is 0.374. The first-order valence-corrected chi connectivity index (χ1v) is 8.18. The Morgan fingerprint density at radius 3 is 2.59 bits per heavy atom. The molecule has 2 rings (SSSR count). The van der Waals surface area contributed by atoms with Gasteiger partial charge in [0.05, 0.1) is 6.54 Å². The topological polar surface area (TPSA) is 58.6 Å². The molecule has 0 fully saturated rings. The average molecular weight is 318 g/mol. The van der Waals surface area contributed by atoms with Crippen LogP contribution in [0.15, 0.2) is 42.5 Å². The maximum absolute atomic E-state index is 11.4. The molecule has 0 aliphatic heterocycles. The van der Waals surface area contributed by atoms with E-state index in [2.05, 4.69) is 16.6 Å². The minimum absolute atomic E-state index is 0.0550. The third kappa shape index (κ3) is 4.21. The van der Waals surface area contributed by atoms with Crippen LogP contribution in [0.3, 0.4) is 0 Å². The first-order chi connectivity index (χ1) is 10.5. The molecule has 6 heteroatoms. The molecule has 2 aromatic carbocycles. The molecule has 0 atom stereocenters. The smallest absolute Gasteiger partial charge is 0.279 e. The average Bonchev–Trinajstić information content (AvgIpc) is 2.50. The molecule has 2 aromatic rings. The lowest BCUT2D eigenvalue weighted by Crippen LogP contribution is -2.35. The van der Waals surface area contributed by atoms with Crippen LogP contribution in [0, 0.1) is 11.8 Å². The summed E-state index contributed by atoms with van der Waals surface area (Å²) >= 11 is 0. The zero-order chi connectivity index (χ0) is 16.0. The highest BCUT2D eigenvalue weighted by atomic mass is 32.2. The van der Waals surface area contributed by atoms with Crippen molar-refractivity contribution in [2.45, 2.75) is 0 Å². The maximum atomic E-state index is 11.4. The molecular weight excluding hydrogens is 300 g/mol. The molecule has 0 aliphatic rings. The van der Waals surface area contributed by atoms with Crippen LogP contribution in [0.1, 0.15) is 0 Å². The molecule has 0 heterocycles. The predicted octanol–water partition coefficient (Wildman–Crippen LogP) is 1.62. The normalized spacial score (nSPS) is 11.2. The molecule has 22 heavy (non-hydrogen) atoms. The SMILES string of the molecule is CN(C)S(=O)(=O)NCC#CCOc1cccc2ccccc12. The number of benzene rings is 2. The van der Waals surface area contributed by atoms with E-state index in [0.717, 1.165) is 20.8 Å². The van der Waals surface area contributed by atoms with Gasteiger partial charge in [-0.05, 0) is 11.5 Å². The van der Waals surface area contributed by atoms with Crippen molar-refractivity contribution in [1.29, 1.82) is 0 Å². The summed E-state index contributed by atoms with van der Waals surface area (Å²) in [6.45, 7) is 0.261. The Bertz CT molecular complexity index is 799. The molecule has 0 bridgehead atoms. The third-order valence-electron chi connectivity index (χ3n) is 3.00. The van der Waals surface area contributed by atoms with Gasteiger partial charge in [0, 0.05) is 19.5 Å². The van der Waals surface area contributed by atoms with Crippen LogP contribution in [0.2, 0.25) is 0 Å². The summed E-state index contributed by atoms with van der Waals surface area (Å²) in [6.07, 6.45) is 0. The van der Waals surface area contributed by atoms with Gasteiger partial charge in [0.1, 0.15) is 12.4 Å². The van der Waals surface area contributed by atoms with E-state index in [1.165, 1.54) is 14.1 Å². The van der Waals surface area contributed by atoms with Gasteiger partial charge < -0.3 is 4.74 Å². The predicted molar refractivity (Wildman–Crippen MR) is 87.8 cm³/mol. The van der Waals surface area contributed by atoms with Gasteiger partial charge >= 0.3 is 0 Å². The van der Waals surface area contributed by atoms with Crippen molar-refractivity contribution in [1.82, 2.24) is 9.03 Å². The molecule has 0 aliphatic carbocycles. The van der Waals surface area contributed by atoms with Gasteiger partial charge in [0.15, 0.2) is 0 Å². The van der Waals surface area contributed by atoms with Crippen molar-refractivity contribution in [2.75, 3.05) is 27.2 Å². The number of hydrogen-bond donors (Lipinski definition) is 1. The van der Waals surface area contributed by atoms with Crippen LogP contribution >= 0.6 is 0 Å². The Morgan fingerprint density at radius 2 is 1.82 bits per heavy atom. The monoisotopic (exact) mass is 318 g/mol. The van der Waals surface area contributed by atoms with Crippen LogP contribution in [0.5, 0.6) is 5.75 Å². The Balaban J connectivity index is 1.91. The third-order valence-corrected chi connectivity index (χ3v) is 4.47.